The monoisotopic (exact) mass is 512 g/mol. The summed E-state index contributed by atoms with van der Waals surface area (Å²) in [6, 6.07) is 5.89. The first kappa shape index (κ1) is 25.4. The molecule has 3 aliphatic heterocycles. The van der Waals surface area contributed by atoms with E-state index in [1.165, 1.54) is 0 Å². The topological polar surface area (TPSA) is 109 Å². The summed E-state index contributed by atoms with van der Waals surface area (Å²) in [7, 11) is 0. The highest BCUT2D eigenvalue weighted by molar-refractivity contribution is 5.68. The Balaban J connectivity index is 1.35. The quantitative estimate of drug-likeness (QED) is 0.597. The first-order chi connectivity index (χ1) is 17.9. The summed E-state index contributed by atoms with van der Waals surface area (Å²) in [4.78, 5) is 40.0. The molecule has 2 aromatic rings. The Kier molecular flexibility index (Phi) is 7.56. The Morgan fingerprint density at radius 3 is 1.86 bits per heavy atom. The molecular formula is C25H36N8O4. The van der Waals surface area contributed by atoms with E-state index in [9.17, 15) is 4.79 Å². The molecule has 0 bridgehead atoms. The number of carbonyl (C=O) groups excluding carboxylic acids is 1. The number of rotatable bonds is 4. The third kappa shape index (κ3) is 6.37. The van der Waals surface area contributed by atoms with Crippen LogP contribution in [-0.4, -0.2) is 115 Å². The molecule has 0 N–H and O–H groups in total. The molecular weight excluding hydrogens is 476 g/mol. The highest BCUT2D eigenvalue weighted by Gasteiger charge is 2.27. The summed E-state index contributed by atoms with van der Waals surface area (Å²) in [5.41, 5.74) is 0.188. The second kappa shape index (κ2) is 11.0. The molecule has 37 heavy (non-hydrogen) atoms. The van der Waals surface area contributed by atoms with Gasteiger partial charge in [-0.1, -0.05) is 6.07 Å². The van der Waals surface area contributed by atoms with Gasteiger partial charge < -0.3 is 33.8 Å². The molecule has 0 aromatic carbocycles. The summed E-state index contributed by atoms with van der Waals surface area (Å²) in [5.74, 6) is 2.68. The Labute approximate surface area is 217 Å². The predicted octanol–water partition coefficient (Wildman–Crippen LogP) is 1.66. The number of ether oxygens (including phenoxy) is 3. The molecule has 5 rings (SSSR count). The molecule has 3 aliphatic rings. The molecule has 0 saturated carbocycles. The van der Waals surface area contributed by atoms with Gasteiger partial charge >= 0.3 is 6.09 Å². The molecule has 1 amide bonds. The second-order valence-electron chi connectivity index (χ2n) is 10.3. The molecule has 200 valence electrons. The summed E-state index contributed by atoms with van der Waals surface area (Å²) in [6.45, 7) is 13.7. The Morgan fingerprint density at radius 2 is 1.32 bits per heavy atom. The van der Waals surface area contributed by atoms with E-state index < -0.39 is 5.60 Å². The summed E-state index contributed by atoms with van der Waals surface area (Å²) in [6.07, 6.45) is -0.273. The number of morpholine rings is 2. The van der Waals surface area contributed by atoms with Crippen LogP contribution in [0.25, 0.3) is 11.5 Å². The van der Waals surface area contributed by atoms with E-state index in [-0.39, 0.29) is 6.09 Å². The SMILES string of the molecule is CC(C)(C)OC(=O)N1CCN(c2cccc(-c3nc(N4CCOCC4)nc(N4CCOCC4)n3)n2)CC1. The van der Waals surface area contributed by atoms with Crippen LogP contribution in [-0.2, 0) is 14.2 Å². The lowest BCUT2D eigenvalue weighted by atomic mass is 10.2. The maximum absolute atomic E-state index is 12.4. The van der Waals surface area contributed by atoms with E-state index >= 15 is 0 Å². The first-order valence-corrected chi connectivity index (χ1v) is 13.0. The number of aromatic nitrogens is 4. The minimum absolute atomic E-state index is 0.273. The van der Waals surface area contributed by atoms with Gasteiger partial charge in [0.1, 0.15) is 17.1 Å². The van der Waals surface area contributed by atoms with E-state index in [0.29, 0.717) is 76.0 Å². The molecule has 0 atom stereocenters. The summed E-state index contributed by atoms with van der Waals surface area (Å²) in [5, 5.41) is 0. The summed E-state index contributed by atoms with van der Waals surface area (Å²) >= 11 is 0. The van der Waals surface area contributed by atoms with Gasteiger partial charge in [0.15, 0.2) is 5.82 Å². The number of amides is 1. The lowest BCUT2D eigenvalue weighted by Crippen LogP contribution is -2.50. The fourth-order valence-electron chi connectivity index (χ4n) is 4.45. The van der Waals surface area contributed by atoms with E-state index in [2.05, 4.69) is 14.7 Å². The lowest BCUT2D eigenvalue weighted by molar-refractivity contribution is 0.0240. The number of piperazine rings is 1. The average molecular weight is 513 g/mol. The number of hydrogen-bond donors (Lipinski definition) is 0. The maximum Gasteiger partial charge on any atom is 0.410 e. The highest BCUT2D eigenvalue weighted by Crippen LogP contribution is 2.24. The van der Waals surface area contributed by atoms with Crippen LogP contribution in [0.15, 0.2) is 18.2 Å². The molecule has 2 aromatic heterocycles. The summed E-state index contributed by atoms with van der Waals surface area (Å²) < 4.78 is 16.6. The van der Waals surface area contributed by atoms with Crippen molar-refractivity contribution >= 4 is 23.8 Å². The van der Waals surface area contributed by atoms with Gasteiger partial charge in [-0.3, -0.25) is 0 Å². The van der Waals surface area contributed by atoms with Gasteiger partial charge in [0.25, 0.3) is 0 Å². The Morgan fingerprint density at radius 1 is 0.757 bits per heavy atom. The number of carbonyl (C=O) groups is 1. The van der Waals surface area contributed by atoms with Gasteiger partial charge in [0.2, 0.25) is 11.9 Å². The number of hydrogen-bond acceptors (Lipinski definition) is 11. The van der Waals surface area contributed by atoms with Crippen molar-refractivity contribution in [2.24, 2.45) is 0 Å². The highest BCUT2D eigenvalue weighted by atomic mass is 16.6. The molecule has 0 radical (unpaired) electrons. The Bertz CT molecular complexity index is 1040. The van der Waals surface area contributed by atoms with Crippen molar-refractivity contribution in [2.45, 2.75) is 26.4 Å². The molecule has 3 saturated heterocycles. The minimum Gasteiger partial charge on any atom is -0.444 e. The van der Waals surface area contributed by atoms with Crippen molar-refractivity contribution in [2.75, 3.05) is 93.5 Å². The zero-order valence-electron chi connectivity index (χ0n) is 21.9. The van der Waals surface area contributed by atoms with Crippen LogP contribution in [0.2, 0.25) is 0 Å². The maximum atomic E-state index is 12.4. The van der Waals surface area contributed by atoms with Crippen LogP contribution in [0.5, 0.6) is 0 Å². The largest absolute Gasteiger partial charge is 0.444 e. The van der Waals surface area contributed by atoms with Crippen LogP contribution in [0.3, 0.4) is 0 Å². The third-order valence-corrected chi connectivity index (χ3v) is 6.42. The van der Waals surface area contributed by atoms with E-state index in [1.807, 2.05) is 39.0 Å². The van der Waals surface area contributed by atoms with Crippen molar-refractivity contribution in [1.29, 1.82) is 0 Å². The minimum atomic E-state index is -0.505. The normalized spacial score (nSPS) is 19.2. The number of anilines is 3. The molecule has 12 heteroatoms. The third-order valence-electron chi connectivity index (χ3n) is 6.42. The van der Waals surface area contributed by atoms with Gasteiger partial charge in [0.05, 0.1) is 26.4 Å². The first-order valence-electron chi connectivity index (χ1n) is 13.0. The molecule has 0 unspecified atom stereocenters. The van der Waals surface area contributed by atoms with Crippen LogP contribution in [0, 0.1) is 0 Å². The van der Waals surface area contributed by atoms with Gasteiger partial charge in [-0.05, 0) is 32.9 Å². The van der Waals surface area contributed by atoms with Crippen LogP contribution in [0.1, 0.15) is 20.8 Å². The smallest absolute Gasteiger partial charge is 0.410 e. The average Bonchev–Trinajstić information content (AvgIpc) is 2.93. The van der Waals surface area contributed by atoms with E-state index in [1.54, 1.807) is 4.90 Å². The van der Waals surface area contributed by atoms with E-state index in [4.69, 9.17) is 34.1 Å². The molecule has 5 heterocycles. The van der Waals surface area contributed by atoms with Gasteiger partial charge in [-0.15, -0.1) is 0 Å². The lowest BCUT2D eigenvalue weighted by Gasteiger charge is -2.36. The standard InChI is InChI=1S/C25H36N8O4/c1-25(2,3)37-24(34)33-9-7-30(8-10-33)20-6-4-5-19(26-20)21-27-22(31-11-15-35-16-12-31)29-23(28-21)32-13-17-36-18-14-32/h4-6H,7-18H2,1-3H3. The van der Waals surface area contributed by atoms with Gasteiger partial charge in [-0.2, -0.15) is 15.0 Å². The zero-order valence-corrected chi connectivity index (χ0v) is 21.9. The van der Waals surface area contributed by atoms with Gasteiger partial charge in [-0.25, -0.2) is 9.78 Å². The van der Waals surface area contributed by atoms with Gasteiger partial charge in [0, 0.05) is 52.4 Å². The van der Waals surface area contributed by atoms with Crippen molar-refractivity contribution in [1.82, 2.24) is 24.8 Å². The molecule has 0 spiro atoms. The Hall–Kier alpha value is -3.25. The van der Waals surface area contributed by atoms with Crippen LogP contribution >= 0.6 is 0 Å². The van der Waals surface area contributed by atoms with Crippen LogP contribution in [0.4, 0.5) is 22.5 Å². The zero-order chi connectivity index (χ0) is 25.8. The number of nitrogens with zero attached hydrogens (tertiary/aromatic N) is 8. The molecule has 0 aliphatic carbocycles. The molecule has 3 fully saturated rings. The van der Waals surface area contributed by atoms with Crippen molar-refractivity contribution in [3.63, 3.8) is 0 Å². The predicted molar refractivity (Wildman–Crippen MR) is 139 cm³/mol. The van der Waals surface area contributed by atoms with Crippen molar-refractivity contribution in [3.05, 3.63) is 18.2 Å². The second-order valence-corrected chi connectivity index (χ2v) is 10.3. The fraction of sp³-hybridized carbons (Fsp3) is 0.640. The number of pyridine rings is 1. The van der Waals surface area contributed by atoms with Crippen LogP contribution < -0.4 is 14.7 Å². The van der Waals surface area contributed by atoms with Crippen molar-refractivity contribution < 1.29 is 19.0 Å². The van der Waals surface area contributed by atoms with E-state index in [0.717, 1.165) is 32.0 Å². The molecule has 12 nitrogen and oxygen atoms in total. The van der Waals surface area contributed by atoms with Crippen molar-refractivity contribution in [3.8, 4) is 11.5 Å². The fourth-order valence-corrected chi connectivity index (χ4v) is 4.45.